The number of aryl methyl sites for hydroxylation is 1. The third-order valence-electron chi connectivity index (χ3n) is 1.68. The van der Waals surface area contributed by atoms with E-state index >= 15 is 0 Å². The van der Waals surface area contributed by atoms with Crippen molar-refractivity contribution in [2.45, 2.75) is 6.92 Å². The van der Waals surface area contributed by atoms with E-state index in [1.54, 1.807) is 18.0 Å². The Kier molecular flexibility index (Phi) is 4.41. The molecule has 0 amide bonds. The molecule has 14 heavy (non-hydrogen) atoms. The first kappa shape index (κ1) is 11.5. The van der Waals surface area contributed by atoms with Crippen molar-refractivity contribution in [1.29, 1.82) is 5.41 Å². The fourth-order valence-corrected chi connectivity index (χ4v) is 1.65. The van der Waals surface area contributed by atoms with Crippen LogP contribution in [0.15, 0.2) is 12.3 Å². The summed E-state index contributed by atoms with van der Waals surface area (Å²) in [7, 11) is 0. The molecule has 0 aliphatic carbocycles. The molecule has 1 rings (SSSR count). The van der Waals surface area contributed by atoms with Crippen LogP contribution in [-0.4, -0.2) is 21.7 Å². The Bertz CT molecular complexity index is 341. The Hall–Kier alpha value is -0.550. The molecule has 0 spiro atoms. The standard InChI is InChI=1S/C9H12BrN3S/c1-6-3-8(13-5-14-2)7(4-12-6)9(10)11/h3-4,11H,5H2,1-2H3,(H,12,13). The first-order valence-electron chi connectivity index (χ1n) is 4.09. The number of pyridine rings is 1. The molecule has 0 fully saturated rings. The van der Waals surface area contributed by atoms with Crippen molar-refractivity contribution in [2.75, 3.05) is 17.4 Å². The number of hydrogen-bond donors (Lipinski definition) is 2. The maximum Gasteiger partial charge on any atom is 0.108 e. The van der Waals surface area contributed by atoms with Crippen molar-refractivity contribution >= 4 is 38.0 Å². The zero-order valence-corrected chi connectivity index (χ0v) is 10.5. The molecule has 5 heteroatoms. The summed E-state index contributed by atoms with van der Waals surface area (Å²) < 4.78 is 0.355. The maximum absolute atomic E-state index is 7.51. The Labute approximate surface area is 96.3 Å². The van der Waals surface area contributed by atoms with E-state index in [-0.39, 0.29) is 0 Å². The van der Waals surface area contributed by atoms with E-state index in [1.807, 2.05) is 19.2 Å². The molecule has 2 N–H and O–H groups in total. The second kappa shape index (κ2) is 5.36. The van der Waals surface area contributed by atoms with E-state index < -0.39 is 0 Å². The Morgan fingerprint density at radius 3 is 3.00 bits per heavy atom. The lowest BCUT2D eigenvalue weighted by atomic mass is 10.2. The highest BCUT2D eigenvalue weighted by atomic mass is 79.9. The lowest BCUT2D eigenvalue weighted by molar-refractivity contribution is 1.19. The lowest BCUT2D eigenvalue weighted by Crippen LogP contribution is -2.04. The molecule has 1 heterocycles. The lowest BCUT2D eigenvalue weighted by Gasteiger charge is -2.09. The highest BCUT2D eigenvalue weighted by Crippen LogP contribution is 2.18. The Morgan fingerprint density at radius 1 is 1.71 bits per heavy atom. The summed E-state index contributed by atoms with van der Waals surface area (Å²) in [5, 5.41) is 10.7. The van der Waals surface area contributed by atoms with Crippen LogP contribution in [0.1, 0.15) is 11.3 Å². The van der Waals surface area contributed by atoms with Crippen molar-refractivity contribution in [3.05, 3.63) is 23.5 Å². The van der Waals surface area contributed by atoms with Crippen LogP contribution in [0, 0.1) is 12.3 Å². The molecule has 0 atom stereocenters. The predicted molar refractivity (Wildman–Crippen MR) is 66.7 cm³/mol. The minimum atomic E-state index is 0.355. The molecule has 0 radical (unpaired) electrons. The van der Waals surface area contributed by atoms with Gasteiger partial charge in [0, 0.05) is 23.1 Å². The van der Waals surface area contributed by atoms with Gasteiger partial charge < -0.3 is 5.32 Å². The van der Waals surface area contributed by atoms with Gasteiger partial charge >= 0.3 is 0 Å². The van der Waals surface area contributed by atoms with Gasteiger partial charge in [-0.15, -0.1) is 11.8 Å². The van der Waals surface area contributed by atoms with E-state index in [0.717, 1.165) is 22.8 Å². The monoisotopic (exact) mass is 273 g/mol. The number of rotatable bonds is 4. The SMILES string of the molecule is CSCNc1cc(C)ncc1C(=N)Br. The van der Waals surface area contributed by atoms with Gasteiger partial charge in [-0.05, 0) is 35.2 Å². The normalized spacial score (nSPS) is 9.93. The topological polar surface area (TPSA) is 48.8 Å². The van der Waals surface area contributed by atoms with Crippen LogP contribution in [0.3, 0.4) is 0 Å². The smallest absolute Gasteiger partial charge is 0.108 e. The predicted octanol–water partition coefficient (Wildman–Crippen LogP) is 2.84. The van der Waals surface area contributed by atoms with Crippen LogP contribution >= 0.6 is 27.7 Å². The summed E-state index contributed by atoms with van der Waals surface area (Å²) in [5.41, 5.74) is 2.70. The quantitative estimate of drug-likeness (QED) is 0.655. The molecular formula is C9H12BrN3S. The summed E-state index contributed by atoms with van der Waals surface area (Å²) in [6, 6.07) is 1.95. The average Bonchev–Trinajstić information content (AvgIpc) is 2.14. The number of hydrogen-bond acceptors (Lipinski definition) is 4. The number of thioether (sulfide) groups is 1. The Morgan fingerprint density at radius 2 is 2.43 bits per heavy atom. The van der Waals surface area contributed by atoms with Crippen LogP contribution in [0.25, 0.3) is 0 Å². The van der Waals surface area contributed by atoms with E-state index in [1.165, 1.54) is 0 Å². The van der Waals surface area contributed by atoms with Gasteiger partial charge in [-0.25, -0.2) is 0 Å². The number of anilines is 1. The minimum Gasteiger partial charge on any atom is -0.375 e. The fourth-order valence-electron chi connectivity index (χ4n) is 1.03. The number of halogens is 1. The van der Waals surface area contributed by atoms with E-state index in [0.29, 0.717) is 4.62 Å². The largest absolute Gasteiger partial charge is 0.375 e. The first-order valence-corrected chi connectivity index (χ1v) is 6.27. The fraction of sp³-hybridized carbons (Fsp3) is 0.333. The van der Waals surface area contributed by atoms with Crippen molar-refractivity contribution in [2.24, 2.45) is 0 Å². The molecule has 0 aliphatic heterocycles. The van der Waals surface area contributed by atoms with E-state index in [4.69, 9.17) is 5.41 Å². The third-order valence-corrected chi connectivity index (χ3v) is 2.54. The molecule has 1 aromatic heterocycles. The van der Waals surface area contributed by atoms with Gasteiger partial charge in [0.2, 0.25) is 0 Å². The summed E-state index contributed by atoms with van der Waals surface area (Å²) in [6.45, 7) is 1.94. The van der Waals surface area contributed by atoms with Gasteiger partial charge in [-0.3, -0.25) is 10.4 Å². The second-order valence-electron chi connectivity index (χ2n) is 2.80. The maximum atomic E-state index is 7.51. The molecule has 0 aromatic carbocycles. The molecule has 3 nitrogen and oxygen atoms in total. The molecule has 0 unspecified atom stereocenters. The zero-order valence-electron chi connectivity index (χ0n) is 8.10. The van der Waals surface area contributed by atoms with E-state index in [9.17, 15) is 0 Å². The minimum absolute atomic E-state index is 0.355. The van der Waals surface area contributed by atoms with Gasteiger partial charge in [0.1, 0.15) is 4.62 Å². The van der Waals surface area contributed by atoms with Crippen molar-refractivity contribution < 1.29 is 0 Å². The second-order valence-corrected chi connectivity index (χ2v) is 4.45. The molecular weight excluding hydrogens is 262 g/mol. The van der Waals surface area contributed by atoms with Crippen molar-refractivity contribution in [3.63, 3.8) is 0 Å². The molecule has 0 saturated heterocycles. The van der Waals surface area contributed by atoms with Crippen LogP contribution < -0.4 is 5.32 Å². The van der Waals surface area contributed by atoms with Crippen LogP contribution in [0.2, 0.25) is 0 Å². The van der Waals surface area contributed by atoms with Crippen molar-refractivity contribution in [1.82, 2.24) is 4.98 Å². The molecule has 0 bridgehead atoms. The number of nitrogens with zero attached hydrogens (tertiary/aromatic N) is 1. The van der Waals surface area contributed by atoms with Gasteiger partial charge in [0.15, 0.2) is 0 Å². The molecule has 0 saturated carbocycles. The van der Waals surface area contributed by atoms with Crippen molar-refractivity contribution in [3.8, 4) is 0 Å². The van der Waals surface area contributed by atoms with E-state index in [2.05, 4.69) is 26.2 Å². The number of aromatic nitrogens is 1. The third kappa shape index (κ3) is 2.99. The first-order chi connectivity index (χ1) is 6.65. The molecule has 1 aromatic rings. The van der Waals surface area contributed by atoms with Crippen LogP contribution in [0.4, 0.5) is 5.69 Å². The highest BCUT2D eigenvalue weighted by molar-refractivity contribution is 9.18. The molecule has 0 aliphatic rings. The average molecular weight is 274 g/mol. The highest BCUT2D eigenvalue weighted by Gasteiger charge is 2.05. The summed E-state index contributed by atoms with van der Waals surface area (Å²) in [5.74, 6) is 0.830. The van der Waals surface area contributed by atoms with Crippen LogP contribution in [-0.2, 0) is 0 Å². The van der Waals surface area contributed by atoms with Gasteiger partial charge in [0.25, 0.3) is 0 Å². The number of nitrogens with one attached hydrogen (secondary N) is 2. The van der Waals surface area contributed by atoms with Gasteiger partial charge in [-0.2, -0.15) is 0 Å². The summed E-state index contributed by atoms with van der Waals surface area (Å²) in [4.78, 5) is 4.15. The Balaban J connectivity index is 2.97. The van der Waals surface area contributed by atoms with Gasteiger partial charge in [-0.1, -0.05) is 0 Å². The molecule has 76 valence electrons. The summed E-state index contributed by atoms with van der Waals surface area (Å²) >= 11 is 4.85. The summed E-state index contributed by atoms with van der Waals surface area (Å²) in [6.07, 6.45) is 3.73. The zero-order chi connectivity index (χ0) is 10.6. The van der Waals surface area contributed by atoms with Gasteiger partial charge in [0.05, 0.1) is 5.88 Å². The van der Waals surface area contributed by atoms with Crippen LogP contribution in [0.5, 0.6) is 0 Å².